The Labute approximate surface area is 87.3 Å². The fourth-order valence-electron chi connectivity index (χ4n) is 1.06. The molecule has 0 bridgehead atoms. The fraction of sp³-hybridized carbons (Fsp3) is 0.300. The van der Waals surface area contributed by atoms with Crippen molar-refractivity contribution in [1.29, 1.82) is 5.26 Å². The molecule has 4 heteroatoms. The number of nitrogens with zero attached hydrogens (tertiary/aromatic N) is 1. The molecular formula is C10H10ClFN2. The van der Waals surface area contributed by atoms with Crippen LogP contribution in [0.3, 0.4) is 0 Å². The highest BCUT2D eigenvalue weighted by atomic mass is 35.5. The van der Waals surface area contributed by atoms with Crippen LogP contribution in [-0.2, 0) is 0 Å². The molecule has 0 spiro atoms. The van der Waals surface area contributed by atoms with E-state index >= 15 is 0 Å². The van der Waals surface area contributed by atoms with Crippen molar-refractivity contribution in [3.05, 3.63) is 29.0 Å². The van der Waals surface area contributed by atoms with E-state index in [1.807, 2.05) is 6.07 Å². The lowest BCUT2D eigenvalue weighted by Gasteiger charge is -2.05. The van der Waals surface area contributed by atoms with Crippen molar-refractivity contribution < 1.29 is 4.39 Å². The molecule has 1 aromatic carbocycles. The highest BCUT2D eigenvalue weighted by Crippen LogP contribution is 2.17. The number of unbranched alkanes of at least 4 members (excludes halogenated alkanes) is 1. The predicted octanol–water partition coefficient (Wildman–Crippen LogP) is 3.19. The van der Waals surface area contributed by atoms with Crippen molar-refractivity contribution in [2.45, 2.75) is 12.8 Å². The Balaban J connectivity index is 2.47. The van der Waals surface area contributed by atoms with Crippen LogP contribution in [0.5, 0.6) is 0 Å². The van der Waals surface area contributed by atoms with E-state index in [2.05, 4.69) is 5.32 Å². The SMILES string of the molecule is N#CCCCNc1cc(F)cc(Cl)c1. The van der Waals surface area contributed by atoms with Gasteiger partial charge < -0.3 is 5.32 Å². The van der Waals surface area contributed by atoms with Crippen molar-refractivity contribution in [3.63, 3.8) is 0 Å². The van der Waals surface area contributed by atoms with Crippen LogP contribution in [0.2, 0.25) is 5.02 Å². The van der Waals surface area contributed by atoms with Crippen molar-refractivity contribution in [1.82, 2.24) is 0 Å². The molecule has 2 nitrogen and oxygen atoms in total. The topological polar surface area (TPSA) is 35.8 Å². The second-order valence-electron chi connectivity index (χ2n) is 2.85. The number of benzene rings is 1. The molecule has 0 aliphatic carbocycles. The monoisotopic (exact) mass is 212 g/mol. The summed E-state index contributed by atoms with van der Waals surface area (Å²) in [6.07, 6.45) is 1.24. The molecule has 1 aromatic rings. The smallest absolute Gasteiger partial charge is 0.126 e. The number of hydrogen-bond donors (Lipinski definition) is 1. The molecule has 0 amide bonds. The zero-order valence-electron chi connectivity index (χ0n) is 7.56. The Morgan fingerprint density at radius 2 is 2.21 bits per heavy atom. The van der Waals surface area contributed by atoms with Gasteiger partial charge >= 0.3 is 0 Å². The van der Waals surface area contributed by atoms with Gasteiger partial charge in [-0.2, -0.15) is 5.26 Å². The van der Waals surface area contributed by atoms with Crippen LogP contribution in [0.15, 0.2) is 18.2 Å². The van der Waals surface area contributed by atoms with Crippen molar-refractivity contribution >= 4 is 17.3 Å². The van der Waals surface area contributed by atoms with Crippen LogP contribution < -0.4 is 5.32 Å². The Morgan fingerprint density at radius 3 is 2.86 bits per heavy atom. The van der Waals surface area contributed by atoms with Gasteiger partial charge in [0.25, 0.3) is 0 Å². The van der Waals surface area contributed by atoms with Gasteiger partial charge in [0.05, 0.1) is 6.07 Å². The summed E-state index contributed by atoms with van der Waals surface area (Å²) in [7, 11) is 0. The molecule has 1 N–H and O–H groups in total. The Bertz CT molecular complexity index is 326. The minimum atomic E-state index is -0.361. The standard InChI is InChI=1S/C10H10ClFN2/c11-8-5-9(12)7-10(6-8)14-4-2-1-3-13/h5-7,14H,1-2,4H2. The normalized spacial score (nSPS) is 9.50. The van der Waals surface area contributed by atoms with Crippen molar-refractivity contribution in [2.24, 2.45) is 0 Å². The number of halogens is 2. The lowest BCUT2D eigenvalue weighted by molar-refractivity contribution is 0.628. The molecule has 0 atom stereocenters. The van der Waals surface area contributed by atoms with E-state index in [1.54, 1.807) is 6.07 Å². The summed E-state index contributed by atoms with van der Waals surface area (Å²) in [5.74, 6) is -0.361. The van der Waals surface area contributed by atoms with Gasteiger partial charge in [0.2, 0.25) is 0 Å². The molecule has 0 heterocycles. The Morgan fingerprint density at radius 1 is 1.43 bits per heavy atom. The molecule has 0 saturated carbocycles. The van der Waals surface area contributed by atoms with E-state index in [4.69, 9.17) is 16.9 Å². The van der Waals surface area contributed by atoms with Crippen molar-refractivity contribution in [3.8, 4) is 6.07 Å². The maximum absolute atomic E-state index is 12.8. The first kappa shape index (κ1) is 10.8. The van der Waals surface area contributed by atoms with Crippen LogP contribution in [0.1, 0.15) is 12.8 Å². The molecule has 0 aliphatic heterocycles. The first-order valence-corrected chi connectivity index (χ1v) is 4.67. The van der Waals surface area contributed by atoms with Crippen LogP contribution in [0.25, 0.3) is 0 Å². The molecule has 74 valence electrons. The van der Waals surface area contributed by atoms with Gasteiger partial charge in [0, 0.05) is 23.7 Å². The van der Waals surface area contributed by atoms with Gasteiger partial charge in [-0.1, -0.05) is 11.6 Å². The van der Waals surface area contributed by atoms with E-state index in [-0.39, 0.29) is 5.82 Å². The summed E-state index contributed by atoms with van der Waals surface area (Å²) in [5.41, 5.74) is 0.646. The summed E-state index contributed by atoms with van der Waals surface area (Å²) >= 11 is 5.66. The molecule has 1 rings (SSSR count). The number of anilines is 1. The molecule has 0 radical (unpaired) electrons. The maximum Gasteiger partial charge on any atom is 0.126 e. The molecule has 0 aliphatic rings. The van der Waals surface area contributed by atoms with Crippen LogP contribution in [0, 0.1) is 17.1 Å². The summed E-state index contributed by atoms with van der Waals surface area (Å²) < 4.78 is 12.8. The second-order valence-corrected chi connectivity index (χ2v) is 3.28. The molecule has 0 saturated heterocycles. The van der Waals surface area contributed by atoms with Crippen LogP contribution in [0.4, 0.5) is 10.1 Å². The van der Waals surface area contributed by atoms with Gasteiger partial charge in [-0.15, -0.1) is 0 Å². The number of nitriles is 1. The number of hydrogen-bond acceptors (Lipinski definition) is 2. The Kier molecular flexibility index (Phi) is 4.21. The minimum Gasteiger partial charge on any atom is -0.385 e. The minimum absolute atomic E-state index is 0.361. The van der Waals surface area contributed by atoms with Gasteiger partial charge in [-0.05, 0) is 24.6 Å². The third-order valence-corrected chi connectivity index (χ3v) is 1.88. The lowest BCUT2D eigenvalue weighted by Crippen LogP contribution is -2.01. The van der Waals surface area contributed by atoms with Crippen molar-refractivity contribution in [2.75, 3.05) is 11.9 Å². The van der Waals surface area contributed by atoms with Gasteiger partial charge in [-0.25, -0.2) is 4.39 Å². The number of nitrogens with one attached hydrogen (secondary N) is 1. The van der Waals surface area contributed by atoms with E-state index in [1.165, 1.54) is 12.1 Å². The second kappa shape index (κ2) is 5.46. The van der Waals surface area contributed by atoms with Gasteiger partial charge in [0.1, 0.15) is 5.82 Å². The first-order valence-electron chi connectivity index (χ1n) is 4.29. The molecule has 14 heavy (non-hydrogen) atoms. The summed E-state index contributed by atoms with van der Waals surface area (Å²) in [5, 5.41) is 11.6. The summed E-state index contributed by atoms with van der Waals surface area (Å²) in [6.45, 7) is 0.646. The quantitative estimate of drug-likeness (QED) is 0.778. The van der Waals surface area contributed by atoms with Crippen LogP contribution >= 0.6 is 11.6 Å². The van der Waals surface area contributed by atoms with E-state index in [9.17, 15) is 4.39 Å². The van der Waals surface area contributed by atoms with E-state index in [0.29, 0.717) is 23.7 Å². The highest BCUT2D eigenvalue weighted by Gasteiger charge is 1.97. The van der Waals surface area contributed by atoms with Crippen LogP contribution in [-0.4, -0.2) is 6.54 Å². The summed E-state index contributed by atoms with van der Waals surface area (Å²) in [6, 6.07) is 6.31. The first-order chi connectivity index (χ1) is 6.72. The summed E-state index contributed by atoms with van der Waals surface area (Å²) in [4.78, 5) is 0. The molecule has 0 unspecified atom stereocenters. The third-order valence-electron chi connectivity index (χ3n) is 1.66. The zero-order chi connectivity index (χ0) is 10.4. The average Bonchev–Trinajstić information content (AvgIpc) is 2.11. The molecule has 0 fully saturated rings. The predicted molar refractivity (Wildman–Crippen MR) is 54.7 cm³/mol. The molecular weight excluding hydrogens is 203 g/mol. The lowest BCUT2D eigenvalue weighted by atomic mass is 10.3. The third kappa shape index (κ3) is 3.63. The molecule has 0 aromatic heterocycles. The van der Waals surface area contributed by atoms with E-state index < -0.39 is 0 Å². The highest BCUT2D eigenvalue weighted by molar-refractivity contribution is 6.30. The average molecular weight is 213 g/mol. The number of rotatable bonds is 4. The largest absolute Gasteiger partial charge is 0.385 e. The van der Waals surface area contributed by atoms with Gasteiger partial charge in [0.15, 0.2) is 0 Å². The Hall–Kier alpha value is -1.27. The van der Waals surface area contributed by atoms with Gasteiger partial charge in [-0.3, -0.25) is 0 Å². The van der Waals surface area contributed by atoms with E-state index in [0.717, 1.165) is 6.42 Å². The fourth-order valence-corrected chi connectivity index (χ4v) is 1.28. The zero-order valence-corrected chi connectivity index (χ0v) is 8.31. The maximum atomic E-state index is 12.8.